The van der Waals surface area contributed by atoms with Crippen LogP contribution in [0.4, 0.5) is 11.4 Å². The van der Waals surface area contributed by atoms with E-state index in [0.29, 0.717) is 11.4 Å². The minimum atomic E-state index is -1.42. The fourth-order valence-corrected chi connectivity index (χ4v) is 2.66. The van der Waals surface area contributed by atoms with E-state index < -0.39 is 23.5 Å². The minimum absolute atomic E-state index is 0.194. The summed E-state index contributed by atoms with van der Waals surface area (Å²) < 4.78 is 0. The fraction of sp³-hybridized carbons (Fsp3) is 0.158. The second kappa shape index (κ2) is 6.79. The van der Waals surface area contributed by atoms with Gasteiger partial charge in [-0.05, 0) is 43.2 Å². The lowest BCUT2D eigenvalue weighted by Crippen LogP contribution is -2.41. The Morgan fingerprint density at radius 1 is 1.12 bits per heavy atom. The number of hydrazone groups is 1. The van der Waals surface area contributed by atoms with Crippen LogP contribution in [0.15, 0.2) is 53.6 Å². The highest BCUT2D eigenvalue weighted by Crippen LogP contribution is 2.23. The molecule has 2 aromatic carbocycles. The normalized spacial score (nSPS) is 16.4. The number of benzene rings is 2. The van der Waals surface area contributed by atoms with Gasteiger partial charge >= 0.3 is 0 Å². The number of carbonyl (C=O) groups is 3. The smallest absolute Gasteiger partial charge is 0.293 e. The average molecular weight is 350 g/mol. The number of rotatable bonds is 4. The molecule has 0 bridgehead atoms. The number of amidine groups is 1. The van der Waals surface area contributed by atoms with E-state index in [4.69, 9.17) is 5.73 Å². The van der Waals surface area contributed by atoms with Gasteiger partial charge in [0.15, 0.2) is 5.92 Å². The van der Waals surface area contributed by atoms with Crippen LogP contribution < -0.4 is 16.1 Å². The molecule has 132 valence electrons. The molecule has 1 atom stereocenters. The highest BCUT2D eigenvalue weighted by atomic mass is 16.2. The van der Waals surface area contributed by atoms with Crippen molar-refractivity contribution >= 4 is 34.8 Å². The molecule has 0 aromatic heterocycles. The first-order valence-electron chi connectivity index (χ1n) is 8.04. The van der Waals surface area contributed by atoms with Crippen LogP contribution in [0.2, 0.25) is 0 Å². The lowest BCUT2D eigenvalue weighted by atomic mass is 10.0. The van der Waals surface area contributed by atoms with Crippen molar-refractivity contribution in [3.8, 4) is 0 Å². The standard InChI is InChI=1S/C19H18N4O3/c1-11-8-9-12(2)14(10-11)21-18(25)16(24)15-17(20)22-23(19(15)26)13-6-4-3-5-7-13/h3-10,15H,1-2H3,(H2,20,22)(H,21,25)/t15-/m1/s1. The van der Waals surface area contributed by atoms with E-state index in [1.54, 1.807) is 36.4 Å². The maximum atomic E-state index is 12.6. The second-order valence-electron chi connectivity index (χ2n) is 6.08. The van der Waals surface area contributed by atoms with Gasteiger partial charge in [0.05, 0.1) is 5.69 Å². The predicted octanol–water partition coefficient (Wildman–Crippen LogP) is 1.75. The van der Waals surface area contributed by atoms with Crippen molar-refractivity contribution in [2.75, 3.05) is 10.3 Å². The molecule has 0 fully saturated rings. The lowest BCUT2D eigenvalue weighted by molar-refractivity contribution is -0.138. The van der Waals surface area contributed by atoms with E-state index in [9.17, 15) is 14.4 Å². The van der Waals surface area contributed by atoms with Crippen molar-refractivity contribution < 1.29 is 14.4 Å². The summed E-state index contributed by atoms with van der Waals surface area (Å²) in [7, 11) is 0. The maximum absolute atomic E-state index is 12.6. The average Bonchev–Trinajstić information content (AvgIpc) is 2.92. The maximum Gasteiger partial charge on any atom is 0.293 e. The summed E-state index contributed by atoms with van der Waals surface area (Å²) in [6, 6.07) is 14.1. The van der Waals surface area contributed by atoms with Crippen molar-refractivity contribution in [2.24, 2.45) is 16.8 Å². The Kier molecular flexibility index (Phi) is 4.53. The number of hydrogen-bond acceptors (Lipinski definition) is 5. The van der Waals surface area contributed by atoms with Gasteiger partial charge in [-0.2, -0.15) is 10.1 Å². The van der Waals surface area contributed by atoms with Crippen molar-refractivity contribution in [3.63, 3.8) is 0 Å². The zero-order chi connectivity index (χ0) is 18.8. The van der Waals surface area contributed by atoms with Crippen LogP contribution in [-0.2, 0) is 14.4 Å². The zero-order valence-corrected chi connectivity index (χ0v) is 14.4. The second-order valence-corrected chi connectivity index (χ2v) is 6.08. The molecule has 7 nitrogen and oxygen atoms in total. The topological polar surface area (TPSA) is 105 Å². The number of aryl methyl sites for hydroxylation is 2. The molecule has 0 saturated carbocycles. The van der Waals surface area contributed by atoms with E-state index >= 15 is 0 Å². The molecule has 1 aliphatic rings. The number of anilines is 2. The third-order valence-corrected chi connectivity index (χ3v) is 4.09. The molecule has 26 heavy (non-hydrogen) atoms. The third kappa shape index (κ3) is 3.19. The van der Waals surface area contributed by atoms with Gasteiger partial charge in [-0.15, -0.1) is 0 Å². The molecule has 0 saturated heterocycles. The first kappa shape index (κ1) is 17.3. The largest absolute Gasteiger partial charge is 0.385 e. The molecule has 0 spiro atoms. The molecule has 0 aliphatic carbocycles. The molecule has 0 unspecified atom stereocenters. The predicted molar refractivity (Wildman–Crippen MR) is 98.6 cm³/mol. The lowest BCUT2D eigenvalue weighted by Gasteiger charge is -2.14. The number of hydrogen-bond donors (Lipinski definition) is 2. The molecule has 1 aliphatic heterocycles. The van der Waals surface area contributed by atoms with Crippen LogP contribution in [0.3, 0.4) is 0 Å². The van der Waals surface area contributed by atoms with Crippen LogP contribution in [0.1, 0.15) is 11.1 Å². The van der Waals surface area contributed by atoms with E-state index in [-0.39, 0.29) is 5.84 Å². The minimum Gasteiger partial charge on any atom is -0.385 e. The molecular weight excluding hydrogens is 332 g/mol. The summed E-state index contributed by atoms with van der Waals surface area (Å²) in [6.07, 6.45) is 0. The summed E-state index contributed by atoms with van der Waals surface area (Å²) in [6.45, 7) is 3.69. The van der Waals surface area contributed by atoms with Crippen molar-refractivity contribution in [2.45, 2.75) is 13.8 Å². The van der Waals surface area contributed by atoms with Crippen LogP contribution in [-0.4, -0.2) is 23.4 Å². The van der Waals surface area contributed by atoms with E-state index in [0.717, 1.165) is 16.1 Å². The van der Waals surface area contributed by atoms with Gasteiger partial charge < -0.3 is 11.1 Å². The Bertz CT molecular complexity index is 922. The van der Waals surface area contributed by atoms with Gasteiger partial charge in [-0.3, -0.25) is 14.4 Å². The van der Waals surface area contributed by atoms with E-state index in [2.05, 4.69) is 10.4 Å². The summed E-state index contributed by atoms with van der Waals surface area (Å²) in [5.74, 6) is -4.09. The van der Waals surface area contributed by atoms with E-state index in [1.807, 2.05) is 26.0 Å². The number of para-hydroxylation sites is 1. The summed E-state index contributed by atoms with van der Waals surface area (Å²) in [4.78, 5) is 37.4. The van der Waals surface area contributed by atoms with Crippen molar-refractivity contribution in [1.82, 2.24) is 0 Å². The number of nitrogens with zero attached hydrogens (tertiary/aromatic N) is 2. The Hall–Kier alpha value is -3.48. The first-order valence-corrected chi connectivity index (χ1v) is 8.04. The number of Topliss-reactive ketones (excluding diaryl/α,β-unsaturated/α-hetero) is 1. The Morgan fingerprint density at radius 2 is 1.81 bits per heavy atom. The highest BCUT2D eigenvalue weighted by molar-refractivity contribution is 6.50. The van der Waals surface area contributed by atoms with Crippen LogP contribution >= 0.6 is 0 Å². The van der Waals surface area contributed by atoms with Gasteiger partial charge in [0.25, 0.3) is 11.8 Å². The number of nitrogens with one attached hydrogen (secondary N) is 1. The number of nitrogens with two attached hydrogens (primary N) is 1. The molecule has 3 N–H and O–H groups in total. The zero-order valence-electron chi connectivity index (χ0n) is 14.4. The van der Waals surface area contributed by atoms with Gasteiger partial charge in [-0.25, -0.2) is 0 Å². The van der Waals surface area contributed by atoms with Crippen LogP contribution in [0.25, 0.3) is 0 Å². The van der Waals surface area contributed by atoms with Gasteiger partial charge in [0, 0.05) is 5.69 Å². The monoisotopic (exact) mass is 350 g/mol. The van der Waals surface area contributed by atoms with E-state index in [1.165, 1.54) is 0 Å². The molecule has 3 rings (SSSR count). The first-order chi connectivity index (χ1) is 12.4. The summed E-state index contributed by atoms with van der Waals surface area (Å²) in [5, 5.41) is 7.54. The number of amides is 2. The van der Waals surface area contributed by atoms with Crippen molar-refractivity contribution in [1.29, 1.82) is 0 Å². The number of carbonyl (C=O) groups excluding carboxylic acids is 3. The molecule has 2 aromatic rings. The summed E-state index contributed by atoms with van der Waals surface area (Å²) >= 11 is 0. The highest BCUT2D eigenvalue weighted by Gasteiger charge is 2.43. The molecule has 7 heteroatoms. The van der Waals surface area contributed by atoms with Crippen molar-refractivity contribution in [3.05, 3.63) is 59.7 Å². The Labute approximate surface area is 150 Å². The molecule has 0 radical (unpaired) electrons. The Morgan fingerprint density at radius 3 is 2.50 bits per heavy atom. The SMILES string of the molecule is Cc1ccc(C)c(NC(=O)C(=O)[C@H]2C(=O)N(c3ccccc3)N=C2N)c1. The van der Waals surface area contributed by atoms with Gasteiger partial charge in [0.1, 0.15) is 5.84 Å². The molecule has 1 heterocycles. The quantitative estimate of drug-likeness (QED) is 0.647. The van der Waals surface area contributed by atoms with Gasteiger partial charge in [0.2, 0.25) is 5.78 Å². The fourth-order valence-electron chi connectivity index (χ4n) is 2.66. The van der Waals surface area contributed by atoms with Crippen LogP contribution in [0, 0.1) is 19.8 Å². The third-order valence-electron chi connectivity index (χ3n) is 4.09. The Balaban J connectivity index is 1.79. The molecule has 2 amide bonds. The molecular formula is C19H18N4O3. The summed E-state index contributed by atoms with van der Waals surface area (Å²) in [5.41, 5.74) is 8.51. The van der Waals surface area contributed by atoms with Crippen LogP contribution in [0.5, 0.6) is 0 Å². The number of ketones is 1. The van der Waals surface area contributed by atoms with Gasteiger partial charge in [-0.1, -0.05) is 30.3 Å².